The van der Waals surface area contributed by atoms with E-state index in [1.165, 1.54) is 6.92 Å². The third-order valence-electron chi connectivity index (χ3n) is 2.20. The highest BCUT2D eigenvalue weighted by atomic mass is 16.6. The molecular formula is C13H12O3. The molecule has 1 aliphatic heterocycles. The van der Waals surface area contributed by atoms with E-state index in [4.69, 9.17) is 9.47 Å². The molecule has 3 heteroatoms. The number of carbonyl (C=O) groups excluding carboxylic acids is 1. The van der Waals surface area contributed by atoms with Gasteiger partial charge in [0.05, 0.1) is 6.26 Å². The summed E-state index contributed by atoms with van der Waals surface area (Å²) in [6, 6.07) is 7.91. The number of hydrogen-bond donors (Lipinski definition) is 0. The quantitative estimate of drug-likeness (QED) is 0.713. The van der Waals surface area contributed by atoms with E-state index in [1.54, 1.807) is 6.26 Å². The maximum absolute atomic E-state index is 10.7. The van der Waals surface area contributed by atoms with Crippen molar-refractivity contribution in [3.63, 3.8) is 0 Å². The lowest BCUT2D eigenvalue weighted by molar-refractivity contribution is -0.140. The fourth-order valence-corrected chi connectivity index (χ4v) is 1.44. The molecule has 1 heterocycles. The minimum absolute atomic E-state index is 0.161. The molecular weight excluding hydrogens is 204 g/mol. The van der Waals surface area contributed by atoms with Crippen LogP contribution in [0, 0.1) is 0 Å². The largest absolute Gasteiger partial charge is 0.466 e. The maximum Gasteiger partial charge on any atom is 0.303 e. The van der Waals surface area contributed by atoms with Crippen molar-refractivity contribution in [3.8, 4) is 0 Å². The molecule has 0 radical (unpaired) electrons. The van der Waals surface area contributed by atoms with Crippen LogP contribution < -0.4 is 0 Å². The molecule has 0 fully saturated rings. The molecule has 0 atom stereocenters. The first-order valence-electron chi connectivity index (χ1n) is 5.02. The molecule has 0 N–H and O–H groups in total. The molecule has 1 aromatic carbocycles. The second kappa shape index (κ2) is 4.66. The first-order valence-corrected chi connectivity index (χ1v) is 5.02. The van der Waals surface area contributed by atoms with E-state index in [2.05, 4.69) is 0 Å². The monoisotopic (exact) mass is 216 g/mol. The summed E-state index contributed by atoms with van der Waals surface area (Å²) in [6.07, 6.45) is 5.35. The van der Waals surface area contributed by atoms with E-state index >= 15 is 0 Å². The van der Waals surface area contributed by atoms with Gasteiger partial charge in [0, 0.05) is 6.92 Å². The Bertz CT molecular complexity index is 458. The Kier molecular flexibility index (Phi) is 3.05. The fraction of sp³-hybridized carbons (Fsp3) is 0.154. The van der Waals surface area contributed by atoms with Crippen LogP contribution >= 0.6 is 0 Å². The van der Waals surface area contributed by atoms with Crippen LogP contribution in [0.5, 0.6) is 0 Å². The summed E-state index contributed by atoms with van der Waals surface area (Å²) >= 11 is 0. The van der Waals surface area contributed by atoms with Gasteiger partial charge in [-0.3, -0.25) is 4.79 Å². The van der Waals surface area contributed by atoms with Crippen molar-refractivity contribution in [1.29, 1.82) is 0 Å². The first kappa shape index (κ1) is 10.5. The van der Waals surface area contributed by atoms with Crippen LogP contribution in [0.15, 0.2) is 36.3 Å². The van der Waals surface area contributed by atoms with Gasteiger partial charge in [0.15, 0.2) is 0 Å². The highest BCUT2D eigenvalue weighted by Gasteiger charge is 2.06. The summed E-state index contributed by atoms with van der Waals surface area (Å²) in [5.41, 5.74) is 2.14. The minimum Gasteiger partial charge on any atom is -0.466 e. The van der Waals surface area contributed by atoms with E-state index < -0.39 is 0 Å². The summed E-state index contributed by atoms with van der Waals surface area (Å²) in [5.74, 6) is 0.308. The first-order chi connectivity index (χ1) is 7.75. The van der Waals surface area contributed by atoms with Crippen LogP contribution in [0.1, 0.15) is 18.1 Å². The lowest BCUT2D eigenvalue weighted by Gasteiger charge is -2.05. The molecule has 0 unspecified atom stereocenters. The van der Waals surface area contributed by atoms with Crippen molar-refractivity contribution in [1.82, 2.24) is 0 Å². The van der Waals surface area contributed by atoms with Gasteiger partial charge in [-0.2, -0.15) is 0 Å². The summed E-state index contributed by atoms with van der Waals surface area (Å²) in [7, 11) is 0. The van der Waals surface area contributed by atoms with Crippen LogP contribution in [0.2, 0.25) is 0 Å². The zero-order valence-corrected chi connectivity index (χ0v) is 8.97. The second-order valence-corrected chi connectivity index (χ2v) is 3.44. The van der Waals surface area contributed by atoms with Crippen molar-refractivity contribution < 1.29 is 14.3 Å². The van der Waals surface area contributed by atoms with Gasteiger partial charge in [-0.1, -0.05) is 24.3 Å². The van der Waals surface area contributed by atoms with Crippen LogP contribution in [-0.2, 0) is 14.3 Å². The predicted octanol–water partition coefficient (Wildman–Crippen LogP) is 2.59. The van der Waals surface area contributed by atoms with E-state index in [1.807, 2.05) is 36.4 Å². The number of hydrogen-bond acceptors (Lipinski definition) is 3. The van der Waals surface area contributed by atoms with Crippen LogP contribution in [0.4, 0.5) is 0 Å². The average Bonchev–Trinajstić information content (AvgIpc) is 2.47. The Hall–Kier alpha value is -2.03. The molecule has 1 aliphatic rings. The van der Waals surface area contributed by atoms with E-state index in [0.29, 0.717) is 5.76 Å². The normalized spacial score (nSPS) is 13.2. The molecule has 0 aromatic heterocycles. The van der Waals surface area contributed by atoms with Crippen LogP contribution in [0.25, 0.3) is 12.2 Å². The average molecular weight is 216 g/mol. The van der Waals surface area contributed by atoms with Gasteiger partial charge in [0.1, 0.15) is 12.4 Å². The summed E-state index contributed by atoms with van der Waals surface area (Å²) < 4.78 is 10.2. The Balaban J connectivity index is 2.21. The van der Waals surface area contributed by atoms with E-state index in [0.717, 1.165) is 11.1 Å². The molecule has 3 nitrogen and oxygen atoms in total. The van der Waals surface area contributed by atoms with Gasteiger partial charge in [-0.05, 0) is 23.3 Å². The summed E-state index contributed by atoms with van der Waals surface area (Å²) in [4.78, 5) is 10.7. The molecule has 0 aliphatic carbocycles. The second-order valence-electron chi connectivity index (χ2n) is 3.44. The Morgan fingerprint density at radius 2 is 2.06 bits per heavy atom. The minimum atomic E-state index is -0.314. The third-order valence-corrected chi connectivity index (χ3v) is 2.20. The Morgan fingerprint density at radius 1 is 1.31 bits per heavy atom. The fourth-order valence-electron chi connectivity index (χ4n) is 1.44. The Morgan fingerprint density at radius 3 is 2.81 bits per heavy atom. The predicted molar refractivity (Wildman–Crippen MR) is 61.2 cm³/mol. The zero-order chi connectivity index (χ0) is 11.4. The molecule has 2 rings (SSSR count). The molecule has 0 bridgehead atoms. The maximum atomic E-state index is 10.7. The van der Waals surface area contributed by atoms with Gasteiger partial charge in [-0.25, -0.2) is 0 Å². The van der Waals surface area contributed by atoms with Crippen molar-refractivity contribution in [2.75, 3.05) is 6.61 Å². The number of ether oxygens (including phenoxy) is 2. The van der Waals surface area contributed by atoms with Gasteiger partial charge < -0.3 is 9.47 Å². The van der Waals surface area contributed by atoms with Gasteiger partial charge >= 0.3 is 5.97 Å². The molecule has 0 saturated carbocycles. The summed E-state index contributed by atoms with van der Waals surface area (Å²) in [5, 5.41) is 0. The highest BCUT2D eigenvalue weighted by Crippen LogP contribution is 2.19. The smallest absolute Gasteiger partial charge is 0.303 e. The number of esters is 1. The van der Waals surface area contributed by atoms with Crippen LogP contribution in [0.3, 0.4) is 0 Å². The van der Waals surface area contributed by atoms with Crippen molar-refractivity contribution in [2.24, 2.45) is 0 Å². The molecule has 0 amide bonds. The van der Waals surface area contributed by atoms with E-state index in [9.17, 15) is 4.79 Å². The lowest BCUT2D eigenvalue weighted by atomic mass is 10.1. The molecule has 0 spiro atoms. The zero-order valence-electron chi connectivity index (χ0n) is 8.97. The number of carbonyl (C=O) groups is 1. The number of rotatable bonds is 2. The highest BCUT2D eigenvalue weighted by molar-refractivity contribution is 5.68. The summed E-state index contributed by atoms with van der Waals surface area (Å²) in [6.45, 7) is 1.54. The number of fused-ring (bicyclic) bond motifs is 1. The van der Waals surface area contributed by atoms with Crippen molar-refractivity contribution in [3.05, 3.63) is 47.4 Å². The molecule has 0 saturated heterocycles. The third kappa shape index (κ3) is 2.51. The molecule has 1 aromatic rings. The van der Waals surface area contributed by atoms with Gasteiger partial charge in [0.2, 0.25) is 0 Å². The van der Waals surface area contributed by atoms with Crippen LogP contribution in [-0.4, -0.2) is 12.6 Å². The van der Waals surface area contributed by atoms with Crippen molar-refractivity contribution >= 4 is 18.1 Å². The SMILES string of the molecule is CC(=O)OCC1=Cc2ccccc2C=CO1. The molecule has 82 valence electrons. The van der Waals surface area contributed by atoms with E-state index in [-0.39, 0.29) is 12.6 Å². The Labute approximate surface area is 94.0 Å². The van der Waals surface area contributed by atoms with Gasteiger partial charge in [0.25, 0.3) is 0 Å². The van der Waals surface area contributed by atoms with Gasteiger partial charge in [-0.15, -0.1) is 0 Å². The lowest BCUT2D eigenvalue weighted by Crippen LogP contribution is -2.03. The topological polar surface area (TPSA) is 35.5 Å². The number of benzene rings is 1. The van der Waals surface area contributed by atoms with Crippen molar-refractivity contribution in [2.45, 2.75) is 6.92 Å². The molecule has 16 heavy (non-hydrogen) atoms. The standard InChI is InChI=1S/C13H12O3/c1-10(14)16-9-13-8-12-5-3-2-4-11(12)6-7-15-13/h2-8H,9H2,1H3.